The molecule has 6 heteroatoms. The van der Waals surface area contributed by atoms with Crippen molar-refractivity contribution in [3.8, 4) is 5.75 Å². The fourth-order valence-corrected chi connectivity index (χ4v) is 1.65. The van der Waals surface area contributed by atoms with Gasteiger partial charge in [-0.1, -0.05) is 0 Å². The van der Waals surface area contributed by atoms with Crippen LogP contribution in [0.1, 0.15) is 27.8 Å². The summed E-state index contributed by atoms with van der Waals surface area (Å²) in [6.45, 7) is 1.46. The minimum Gasteiger partial charge on any atom is -0.490 e. The van der Waals surface area contributed by atoms with Crippen molar-refractivity contribution in [1.29, 1.82) is 0 Å². The van der Waals surface area contributed by atoms with E-state index < -0.39 is 11.3 Å². The van der Waals surface area contributed by atoms with Crippen LogP contribution < -0.4 is 15.5 Å². The molecule has 0 aliphatic rings. The van der Waals surface area contributed by atoms with E-state index >= 15 is 0 Å². The molecule has 0 radical (unpaired) electrons. The smallest absolute Gasteiger partial charge is 0.291 e. The molecule has 0 aliphatic heterocycles. The second-order valence-corrected chi connectivity index (χ2v) is 4.26. The number of hydrogen-bond acceptors (Lipinski definition) is 5. The van der Waals surface area contributed by atoms with Gasteiger partial charge >= 0.3 is 0 Å². The van der Waals surface area contributed by atoms with Crippen molar-refractivity contribution in [1.82, 2.24) is 0 Å². The van der Waals surface area contributed by atoms with Gasteiger partial charge in [0.25, 0.3) is 5.91 Å². The van der Waals surface area contributed by atoms with Gasteiger partial charge in [0, 0.05) is 17.3 Å². The van der Waals surface area contributed by atoms with Crippen LogP contribution in [0.4, 0.5) is 5.69 Å². The quantitative estimate of drug-likeness (QED) is 0.870. The number of ether oxygens (including phenoxy) is 1. The number of methoxy groups -OCH3 is 1. The SMILES string of the molecule is COc1coc(C(=O)Nc2ccc(C(C)=O)cc2)cc1=O. The normalized spacial score (nSPS) is 10.0. The number of carbonyl (C=O) groups excluding carboxylic acids is 2. The summed E-state index contributed by atoms with van der Waals surface area (Å²) >= 11 is 0. The van der Waals surface area contributed by atoms with Gasteiger partial charge in [-0.3, -0.25) is 14.4 Å². The number of carbonyl (C=O) groups is 2. The van der Waals surface area contributed by atoms with Crippen LogP contribution in [0.5, 0.6) is 5.75 Å². The molecule has 0 fully saturated rings. The van der Waals surface area contributed by atoms with Gasteiger partial charge in [0.15, 0.2) is 11.5 Å². The zero-order valence-corrected chi connectivity index (χ0v) is 11.5. The summed E-state index contributed by atoms with van der Waals surface area (Å²) in [5.41, 5.74) is 0.591. The zero-order chi connectivity index (χ0) is 15.4. The number of amides is 1. The maximum atomic E-state index is 11.9. The standard InChI is InChI=1S/C15H13NO5/c1-9(17)10-3-5-11(6-4-10)16-15(19)13-7-12(18)14(20-2)8-21-13/h3-8H,1-2H3,(H,16,19). The zero-order valence-electron chi connectivity index (χ0n) is 11.5. The highest BCUT2D eigenvalue weighted by Gasteiger charge is 2.12. The fraction of sp³-hybridized carbons (Fsp3) is 0.133. The third-order valence-electron chi connectivity index (χ3n) is 2.79. The van der Waals surface area contributed by atoms with Crippen LogP contribution in [0.3, 0.4) is 0 Å². The average molecular weight is 287 g/mol. The van der Waals surface area contributed by atoms with Gasteiger partial charge in [0.1, 0.15) is 6.26 Å². The minimum absolute atomic E-state index is 0.0253. The van der Waals surface area contributed by atoms with Crippen molar-refractivity contribution in [2.24, 2.45) is 0 Å². The molecule has 1 amide bonds. The molecule has 21 heavy (non-hydrogen) atoms. The number of rotatable bonds is 4. The summed E-state index contributed by atoms with van der Waals surface area (Å²) in [5, 5.41) is 2.57. The summed E-state index contributed by atoms with van der Waals surface area (Å²) < 4.78 is 9.80. The molecule has 108 valence electrons. The van der Waals surface area contributed by atoms with E-state index in [0.29, 0.717) is 11.3 Å². The molecule has 1 aromatic heterocycles. The fourth-order valence-electron chi connectivity index (χ4n) is 1.65. The van der Waals surface area contributed by atoms with Crippen LogP contribution in [-0.2, 0) is 0 Å². The number of Topliss-reactive ketones (excluding diaryl/α,β-unsaturated/α-hetero) is 1. The van der Waals surface area contributed by atoms with Crippen molar-refractivity contribution in [3.63, 3.8) is 0 Å². The Morgan fingerprint density at radius 3 is 2.38 bits per heavy atom. The molecular formula is C15H13NO5. The van der Waals surface area contributed by atoms with Crippen LogP contribution in [0.15, 0.2) is 45.8 Å². The lowest BCUT2D eigenvalue weighted by atomic mass is 10.1. The maximum Gasteiger partial charge on any atom is 0.291 e. The van der Waals surface area contributed by atoms with E-state index in [1.165, 1.54) is 14.0 Å². The predicted molar refractivity (Wildman–Crippen MR) is 75.9 cm³/mol. The maximum absolute atomic E-state index is 11.9. The lowest BCUT2D eigenvalue weighted by Crippen LogP contribution is -2.15. The van der Waals surface area contributed by atoms with E-state index in [1.807, 2.05) is 0 Å². The Morgan fingerprint density at radius 2 is 1.86 bits per heavy atom. The van der Waals surface area contributed by atoms with Gasteiger partial charge in [-0.05, 0) is 31.2 Å². The first-order valence-corrected chi connectivity index (χ1v) is 6.10. The van der Waals surface area contributed by atoms with Gasteiger partial charge in [-0.25, -0.2) is 0 Å². The number of hydrogen-bond donors (Lipinski definition) is 1. The molecule has 1 aromatic carbocycles. The third-order valence-corrected chi connectivity index (χ3v) is 2.79. The van der Waals surface area contributed by atoms with Crippen LogP contribution in [0.25, 0.3) is 0 Å². The highest BCUT2D eigenvalue weighted by atomic mass is 16.5. The van der Waals surface area contributed by atoms with E-state index in [1.54, 1.807) is 24.3 Å². The van der Waals surface area contributed by atoms with Crippen molar-refractivity contribution in [2.45, 2.75) is 6.92 Å². The molecule has 0 saturated carbocycles. The van der Waals surface area contributed by atoms with Crippen molar-refractivity contribution < 1.29 is 18.7 Å². The average Bonchev–Trinajstić information content (AvgIpc) is 2.47. The molecule has 0 bridgehead atoms. The van der Waals surface area contributed by atoms with E-state index in [2.05, 4.69) is 5.32 Å². The van der Waals surface area contributed by atoms with E-state index in [0.717, 1.165) is 12.3 Å². The summed E-state index contributed by atoms with van der Waals surface area (Å²) in [7, 11) is 1.34. The highest BCUT2D eigenvalue weighted by Crippen LogP contribution is 2.12. The van der Waals surface area contributed by atoms with Crippen LogP contribution in [0, 0.1) is 0 Å². The second-order valence-electron chi connectivity index (χ2n) is 4.26. The lowest BCUT2D eigenvalue weighted by Gasteiger charge is -2.05. The molecule has 2 aromatic rings. The Kier molecular flexibility index (Phi) is 4.18. The van der Waals surface area contributed by atoms with E-state index in [-0.39, 0.29) is 17.3 Å². The Labute approximate surface area is 120 Å². The van der Waals surface area contributed by atoms with Crippen LogP contribution in [0.2, 0.25) is 0 Å². The molecule has 1 heterocycles. The van der Waals surface area contributed by atoms with Crippen molar-refractivity contribution in [2.75, 3.05) is 12.4 Å². The molecule has 0 aliphatic carbocycles. The third kappa shape index (κ3) is 3.36. The van der Waals surface area contributed by atoms with Crippen molar-refractivity contribution >= 4 is 17.4 Å². The topological polar surface area (TPSA) is 85.6 Å². The van der Waals surface area contributed by atoms with Gasteiger partial charge in [-0.2, -0.15) is 0 Å². The Morgan fingerprint density at radius 1 is 1.19 bits per heavy atom. The van der Waals surface area contributed by atoms with Crippen LogP contribution >= 0.6 is 0 Å². The largest absolute Gasteiger partial charge is 0.490 e. The van der Waals surface area contributed by atoms with Gasteiger partial charge in [0.2, 0.25) is 11.2 Å². The van der Waals surface area contributed by atoms with E-state index in [9.17, 15) is 14.4 Å². The number of anilines is 1. The minimum atomic E-state index is -0.565. The lowest BCUT2D eigenvalue weighted by molar-refractivity contribution is 0.0991. The number of benzene rings is 1. The van der Waals surface area contributed by atoms with E-state index in [4.69, 9.17) is 9.15 Å². The summed E-state index contributed by atoms with van der Waals surface area (Å²) in [5.74, 6) is -0.729. The second kappa shape index (κ2) is 6.04. The summed E-state index contributed by atoms with van der Waals surface area (Å²) in [6, 6.07) is 7.44. The predicted octanol–water partition coefficient (Wildman–Crippen LogP) is 2.10. The first-order valence-electron chi connectivity index (χ1n) is 6.10. The Bertz CT molecular complexity index is 730. The number of nitrogens with one attached hydrogen (secondary N) is 1. The first kappa shape index (κ1) is 14.5. The molecule has 6 nitrogen and oxygen atoms in total. The molecule has 2 rings (SSSR count). The van der Waals surface area contributed by atoms with Gasteiger partial charge in [-0.15, -0.1) is 0 Å². The van der Waals surface area contributed by atoms with Crippen LogP contribution in [-0.4, -0.2) is 18.8 Å². The highest BCUT2D eigenvalue weighted by molar-refractivity contribution is 6.02. The molecule has 0 spiro atoms. The number of ketones is 1. The summed E-state index contributed by atoms with van der Waals surface area (Å²) in [6.07, 6.45) is 1.08. The molecule has 0 unspecified atom stereocenters. The van der Waals surface area contributed by atoms with Gasteiger partial charge in [0.05, 0.1) is 7.11 Å². The Hall–Kier alpha value is -2.89. The molecule has 0 atom stereocenters. The summed E-state index contributed by atoms with van der Waals surface area (Å²) in [4.78, 5) is 34.6. The Balaban J connectivity index is 2.16. The monoisotopic (exact) mass is 287 g/mol. The molecule has 1 N–H and O–H groups in total. The first-order chi connectivity index (χ1) is 10.0. The molecular weight excluding hydrogens is 274 g/mol. The van der Waals surface area contributed by atoms with Gasteiger partial charge < -0.3 is 14.5 Å². The molecule has 0 saturated heterocycles. The van der Waals surface area contributed by atoms with Crippen molar-refractivity contribution in [3.05, 3.63) is 58.1 Å².